The molecule has 0 spiro atoms. The van der Waals surface area contributed by atoms with Gasteiger partial charge in [-0.05, 0) is 42.5 Å². The van der Waals surface area contributed by atoms with Gasteiger partial charge in [-0.1, -0.05) is 11.8 Å². The van der Waals surface area contributed by atoms with Gasteiger partial charge in [-0.25, -0.2) is 4.79 Å². The lowest BCUT2D eigenvalue weighted by atomic mass is 10.1. The summed E-state index contributed by atoms with van der Waals surface area (Å²) in [5, 5.41) is 8.77. The number of hydrogen-bond acceptors (Lipinski definition) is 4. The number of halogens is 3. The molecule has 0 atom stereocenters. The van der Waals surface area contributed by atoms with Crippen molar-refractivity contribution in [3.8, 4) is 6.07 Å². The summed E-state index contributed by atoms with van der Waals surface area (Å²) < 4.78 is 43.3. The fourth-order valence-corrected chi connectivity index (χ4v) is 2.69. The summed E-state index contributed by atoms with van der Waals surface area (Å²) in [5.74, 6) is -0.487. The Bertz CT molecular complexity index is 764. The predicted molar refractivity (Wildman–Crippen MR) is 78.1 cm³/mol. The monoisotopic (exact) mass is 337 g/mol. The number of hydrogen-bond donors (Lipinski definition) is 0. The molecule has 0 N–H and O–H groups in total. The summed E-state index contributed by atoms with van der Waals surface area (Å²) in [6.07, 6.45) is -4.59. The number of nitrogens with zero attached hydrogens (tertiary/aromatic N) is 1. The quantitative estimate of drug-likeness (QED) is 0.773. The molecule has 0 aliphatic heterocycles. The van der Waals surface area contributed by atoms with Crippen molar-refractivity contribution in [2.24, 2.45) is 0 Å². The van der Waals surface area contributed by atoms with Crippen LogP contribution >= 0.6 is 11.8 Å². The van der Waals surface area contributed by atoms with E-state index < -0.39 is 23.3 Å². The highest BCUT2D eigenvalue weighted by Crippen LogP contribution is 2.36. The van der Waals surface area contributed by atoms with Gasteiger partial charge in [0.15, 0.2) is 0 Å². The van der Waals surface area contributed by atoms with Crippen LogP contribution in [0.25, 0.3) is 0 Å². The minimum absolute atomic E-state index is 0.349. The van der Waals surface area contributed by atoms with E-state index in [4.69, 9.17) is 5.26 Å². The minimum Gasteiger partial charge on any atom is -0.465 e. The highest BCUT2D eigenvalue weighted by atomic mass is 32.2. The maximum atomic E-state index is 12.9. The second-order valence-electron chi connectivity index (χ2n) is 4.43. The molecule has 23 heavy (non-hydrogen) atoms. The molecule has 7 heteroatoms. The summed E-state index contributed by atoms with van der Waals surface area (Å²) in [6.45, 7) is 0. The van der Waals surface area contributed by atoms with Crippen molar-refractivity contribution in [1.29, 1.82) is 5.26 Å². The first-order valence-corrected chi connectivity index (χ1v) is 7.14. The molecule has 2 aromatic rings. The maximum absolute atomic E-state index is 12.9. The summed E-state index contributed by atoms with van der Waals surface area (Å²) in [4.78, 5) is 12.3. The first-order valence-electron chi connectivity index (χ1n) is 6.32. The van der Waals surface area contributed by atoms with Gasteiger partial charge in [0, 0.05) is 9.79 Å². The lowest BCUT2D eigenvalue weighted by Crippen LogP contribution is -2.07. The van der Waals surface area contributed by atoms with Crippen molar-refractivity contribution in [2.75, 3.05) is 7.11 Å². The van der Waals surface area contributed by atoms with Gasteiger partial charge in [0.2, 0.25) is 0 Å². The molecule has 0 radical (unpaired) electrons. The molecular weight excluding hydrogens is 327 g/mol. The van der Waals surface area contributed by atoms with E-state index >= 15 is 0 Å². The Hall–Kier alpha value is -2.46. The molecule has 2 rings (SSSR count). The van der Waals surface area contributed by atoms with E-state index in [1.165, 1.54) is 31.4 Å². The molecule has 0 aromatic heterocycles. The minimum atomic E-state index is -4.59. The average molecular weight is 337 g/mol. The normalized spacial score (nSPS) is 10.9. The Kier molecular flexibility index (Phi) is 4.96. The zero-order chi connectivity index (χ0) is 17.0. The second kappa shape index (κ2) is 6.75. The van der Waals surface area contributed by atoms with Gasteiger partial charge in [-0.3, -0.25) is 0 Å². The summed E-state index contributed by atoms with van der Waals surface area (Å²) in [5.41, 5.74) is -1.02. The van der Waals surface area contributed by atoms with E-state index in [9.17, 15) is 18.0 Å². The van der Waals surface area contributed by atoms with Crippen molar-refractivity contribution in [3.05, 3.63) is 59.2 Å². The lowest BCUT2D eigenvalue weighted by Gasteiger charge is -2.10. The molecule has 3 nitrogen and oxygen atoms in total. The number of ether oxygens (including phenoxy) is 1. The predicted octanol–water partition coefficient (Wildman–Crippen LogP) is 4.51. The Morgan fingerprint density at radius 3 is 2.26 bits per heavy atom. The summed E-state index contributed by atoms with van der Waals surface area (Å²) in [7, 11) is 1.26. The van der Waals surface area contributed by atoms with Crippen LogP contribution in [0.4, 0.5) is 13.2 Å². The topological polar surface area (TPSA) is 50.1 Å². The molecule has 118 valence electrons. The molecule has 0 aliphatic carbocycles. The van der Waals surface area contributed by atoms with Gasteiger partial charge in [0.1, 0.15) is 0 Å². The van der Waals surface area contributed by atoms with Crippen molar-refractivity contribution in [2.45, 2.75) is 16.0 Å². The first-order chi connectivity index (χ1) is 10.8. The number of rotatable bonds is 3. The molecule has 0 saturated heterocycles. The van der Waals surface area contributed by atoms with Crippen LogP contribution in [0.15, 0.2) is 52.3 Å². The van der Waals surface area contributed by atoms with Gasteiger partial charge >= 0.3 is 12.1 Å². The smallest absolute Gasteiger partial charge is 0.417 e. The first kappa shape index (κ1) is 16.9. The molecule has 2 aromatic carbocycles. The van der Waals surface area contributed by atoms with E-state index in [1.54, 1.807) is 12.1 Å². The maximum Gasteiger partial charge on any atom is 0.417 e. The Morgan fingerprint density at radius 2 is 1.74 bits per heavy atom. The number of nitriles is 1. The van der Waals surface area contributed by atoms with Crippen LogP contribution in [0.5, 0.6) is 0 Å². The third-order valence-corrected chi connectivity index (χ3v) is 3.93. The number of carbonyl (C=O) groups is 1. The molecule has 0 heterocycles. The molecular formula is C16H10F3NO2S. The Morgan fingerprint density at radius 1 is 1.13 bits per heavy atom. The average Bonchev–Trinajstić information content (AvgIpc) is 2.54. The third-order valence-electron chi connectivity index (χ3n) is 2.93. The molecule has 0 aliphatic rings. The zero-order valence-electron chi connectivity index (χ0n) is 11.8. The largest absolute Gasteiger partial charge is 0.465 e. The van der Waals surface area contributed by atoms with Crippen molar-refractivity contribution in [1.82, 2.24) is 0 Å². The van der Waals surface area contributed by atoms with Crippen molar-refractivity contribution >= 4 is 17.7 Å². The van der Waals surface area contributed by atoms with E-state index in [0.29, 0.717) is 15.4 Å². The van der Waals surface area contributed by atoms with Gasteiger partial charge < -0.3 is 4.74 Å². The fourth-order valence-electron chi connectivity index (χ4n) is 1.83. The number of methoxy groups -OCH3 is 1. The number of carbonyl (C=O) groups excluding carboxylic acids is 1. The summed E-state index contributed by atoms with van der Waals surface area (Å²) in [6, 6.07) is 11.4. The van der Waals surface area contributed by atoms with Crippen LogP contribution in [0.1, 0.15) is 21.5 Å². The Balaban J connectivity index is 2.27. The van der Waals surface area contributed by atoms with E-state index in [-0.39, 0.29) is 0 Å². The van der Waals surface area contributed by atoms with Crippen LogP contribution in [0.3, 0.4) is 0 Å². The number of alkyl halides is 3. The number of benzene rings is 2. The molecule has 0 bridgehead atoms. The third kappa shape index (κ3) is 4.05. The van der Waals surface area contributed by atoms with Crippen molar-refractivity contribution in [3.63, 3.8) is 0 Å². The Labute approximate surface area is 134 Å². The van der Waals surface area contributed by atoms with E-state index in [1.807, 2.05) is 0 Å². The zero-order valence-corrected chi connectivity index (χ0v) is 12.7. The van der Waals surface area contributed by atoms with Crippen LogP contribution in [-0.4, -0.2) is 13.1 Å². The van der Waals surface area contributed by atoms with Crippen molar-refractivity contribution < 1.29 is 22.7 Å². The molecule has 0 saturated carbocycles. The highest BCUT2D eigenvalue weighted by molar-refractivity contribution is 7.99. The SMILES string of the molecule is COC(=O)c1ccc(Sc2ccc(C#N)c(C(F)(F)F)c2)cc1. The van der Waals surface area contributed by atoms with Gasteiger partial charge in [-0.15, -0.1) is 0 Å². The van der Waals surface area contributed by atoms with Crippen LogP contribution < -0.4 is 0 Å². The fraction of sp³-hybridized carbons (Fsp3) is 0.125. The second-order valence-corrected chi connectivity index (χ2v) is 5.58. The standard InChI is InChI=1S/C16H10F3NO2S/c1-22-15(21)10-2-5-12(6-3-10)23-13-7-4-11(9-20)14(8-13)16(17,18)19/h2-8H,1H3. The van der Waals surface area contributed by atoms with Gasteiger partial charge in [0.25, 0.3) is 0 Å². The van der Waals surface area contributed by atoms with E-state index in [0.717, 1.165) is 23.9 Å². The van der Waals surface area contributed by atoms with E-state index in [2.05, 4.69) is 4.74 Å². The highest BCUT2D eigenvalue weighted by Gasteiger charge is 2.33. The van der Waals surface area contributed by atoms with Crippen LogP contribution in [0, 0.1) is 11.3 Å². The van der Waals surface area contributed by atoms with Crippen LogP contribution in [0.2, 0.25) is 0 Å². The number of esters is 1. The molecule has 0 fully saturated rings. The lowest BCUT2D eigenvalue weighted by molar-refractivity contribution is -0.137. The van der Waals surface area contributed by atoms with Gasteiger partial charge in [0.05, 0.1) is 29.9 Å². The molecule has 0 amide bonds. The summed E-state index contributed by atoms with van der Waals surface area (Å²) >= 11 is 1.10. The molecule has 0 unspecified atom stereocenters. The van der Waals surface area contributed by atoms with Gasteiger partial charge in [-0.2, -0.15) is 18.4 Å². The van der Waals surface area contributed by atoms with Crippen LogP contribution in [-0.2, 0) is 10.9 Å².